The van der Waals surface area contributed by atoms with Crippen molar-refractivity contribution in [2.24, 2.45) is 0 Å². The number of H-pyrrole nitrogens is 1. The lowest BCUT2D eigenvalue weighted by Crippen LogP contribution is -2.63. The van der Waals surface area contributed by atoms with Crippen LogP contribution in [0.1, 0.15) is 10.5 Å². The Labute approximate surface area is 220 Å². The predicted octanol–water partition coefficient (Wildman–Crippen LogP) is 1.13. The van der Waals surface area contributed by atoms with E-state index >= 15 is 0 Å². The Morgan fingerprint density at radius 1 is 1.14 bits per heavy atom. The molecule has 3 rings (SSSR count). The van der Waals surface area contributed by atoms with E-state index in [0.717, 1.165) is 5.02 Å². The fraction of sp³-hybridized carbons (Fsp3) is 0.238. The van der Waals surface area contributed by atoms with E-state index in [1.807, 2.05) is 30.3 Å². The highest BCUT2D eigenvalue weighted by Gasteiger charge is 2.40. The first kappa shape index (κ1) is 29.0. The smallest absolute Gasteiger partial charge is 0.267 e. The minimum atomic E-state index is -2.46. The zero-order valence-corrected chi connectivity index (χ0v) is 20.1. The summed E-state index contributed by atoms with van der Waals surface area (Å²) in [6, 6.07) is 12.5. The first-order chi connectivity index (χ1) is 16.4. The molecule has 0 fully saturated rings. The van der Waals surface area contributed by atoms with Gasteiger partial charge in [0.1, 0.15) is 35.1 Å². The second-order valence-corrected chi connectivity index (χ2v) is 8.32. The molecule has 1 unspecified atom stereocenters. The molecule has 0 aliphatic rings. The number of rotatable bonds is 8. The van der Waals surface area contributed by atoms with E-state index in [4.69, 9.17) is 67.5 Å². The molecule has 1 atom stereocenters. The van der Waals surface area contributed by atoms with Crippen molar-refractivity contribution < 1.29 is 15.0 Å². The third kappa shape index (κ3) is 7.87. The topological polar surface area (TPSA) is 110 Å². The van der Waals surface area contributed by atoms with Crippen LogP contribution < -0.4 is 10.6 Å². The molecule has 3 aromatic rings. The number of pyridine rings is 1. The summed E-state index contributed by atoms with van der Waals surface area (Å²) in [7, 11) is 28.1. The maximum Gasteiger partial charge on any atom is 0.267 e. The first-order valence-corrected chi connectivity index (χ1v) is 11.0. The number of nitrogens with zero attached hydrogens (tertiary/aromatic N) is 1. The van der Waals surface area contributed by atoms with Gasteiger partial charge in [0.2, 0.25) is 0 Å². The number of aliphatic hydroxyl groups is 2. The van der Waals surface area contributed by atoms with Crippen LogP contribution in [0.15, 0.2) is 54.9 Å². The standard InChI is InChI=1S/C15H14B5ClN4O3.C6H5Cl/c16-13(17)14(18,15(19,20)28)25-11-4-8(9(21)6-24-11)7-3-10(23-5-7)12(27)22-1-2-26;7-6-4-2-1-3-5-6/h3-6,13,23,26,28H,1-2H2,(H,22,27)(H,24,25);1-5H. The molecule has 1 aromatic carbocycles. The van der Waals surface area contributed by atoms with Gasteiger partial charge in [0.05, 0.1) is 27.3 Å². The van der Waals surface area contributed by atoms with Crippen LogP contribution in [-0.4, -0.2) is 89.3 Å². The monoisotopic (exact) mass is 500 g/mol. The minimum Gasteiger partial charge on any atom is -0.408 e. The van der Waals surface area contributed by atoms with Crippen molar-refractivity contribution in [2.75, 3.05) is 18.5 Å². The summed E-state index contributed by atoms with van der Waals surface area (Å²) in [5.41, 5.74) is -2.04. The molecule has 0 bridgehead atoms. The number of hydrogen-bond acceptors (Lipinski definition) is 5. The van der Waals surface area contributed by atoms with E-state index in [-0.39, 0.29) is 29.7 Å². The first-order valence-electron chi connectivity index (χ1n) is 10.2. The zero-order chi connectivity index (χ0) is 26.2. The number of aliphatic hydroxyl groups excluding tert-OH is 1. The highest BCUT2D eigenvalue weighted by atomic mass is 35.5. The SMILES string of the molecule is Clc1ccccc1.[B]C([B])C([B])(Nc1cc(-c2c[nH]c(C(=O)NCCO)c2)c(Cl)cn1)C([B])([B])O. The van der Waals surface area contributed by atoms with E-state index in [1.54, 1.807) is 12.3 Å². The molecule has 0 saturated heterocycles. The van der Waals surface area contributed by atoms with Gasteiger partial charge in [0.15, 0.2) is 0 Å². The number of aromatic amines is 1. The van der Waals surface area contributed by atoms with Crippen LogP contribution in [0, 0.1) is 0 Å². The maximum absolute atomic E-state index is 12.0. The van der Waals surface area contributed by atoms with Crippen LogP contribution in [0.5, 0.6) is 0 Å². The number of benzene rings is 1. The van der Waals surface area contributed by atoms with Crippen LogP contribution in [0.2, 0.25) is 15.8 Å². The summed E-state index contributed by atoms with van der Waals surface area (Å²) in [5, 5.41) is 22.5. The van der Waals surface area contributed by atoms with Gasteiger partial charge in [0.25, 0.3) is 5.91 Å². The van der Waals surface area contributed by atoms with Crippen molar-refractivity contribution >= 4 is 74.2 Å². The third-order valence-electron chi connectivity index (χ3n) is 4.75. The molecule has 14 heteroatoms. The van der Waals surface area contributed by atoms with Gasteiger partial charge in [-0.2, -0.15) is 0 Å². The minimum absolute atomic E-state index is 0.121. The van der Waals surface area contributed by atoms with Gasteiger partial charge in [-0.05, 0) is 35.1 Å². The Hall–Kier alpha value is -2.26. The molecule has 0 saturated carbocycles. The van der Waals surface area contributed by atoms with Gasteiger partial charge in [-0.3, -0.25) is 4.79 Å². The number of aromatic nitrogens is 2. The summed E-state index contributed by atoms with van der Waals surface area (Å²) in [6.07, 6.45) is 2.89. The molecule has 35 heavy (non-hydrogen) atoms. The molecule has 170 valence electrons. The average Bonchev–Trinajstić information content (AvgIpc) is 3.29. The molecule has 10 radical (unpaired) electrons. The average molecular weight is 500 g/mol. The van der Waals surface area contributed by atoms with Crippen molar-refractivity contribution in [3.8, 4) is 11.1 Å². The van der Waals surface area contributed by atoms with Crippen LogP contribution in [0.3, 0.4) is 0 Å². The highest BCUT2D eigenvalue weighted by Crippen LogP contribution is 2.33. The Balaban J connectivity index is 0.000000527. The zero-order valence-electron chi connectivity index (χ0n) is 18.6. The van der Waals surface area contributed by atoms with Gasteiger partial charge in [-0.25, -0.2) is 4.98 Å². The number of carbonyl (C=O) groups is 1. The lowest BCUT2D eigenvalue weighted by molar-refractivity contribution is 0.0940. The van der Waals surface area contributed by atoms with Gasteiger partial charge < -0.3 is 25.8 Å². The van der Waals surface area contributed by atoms with Crippen molar-refractivity contribution in [1.82, 2.24) is 15.3 Å². The van der Waals surface area contributed by atoms with Gasteiger partial charge in [-0.1, -0.05) is 47.1 Å². The lowest BCUT2D eigenvalue weighted by Gasteiger charge is -2.47. The quantitative estimate of drug-likeness (QED) is 0.298. The number of nitrogens with one attached hydrogen (secondary N) is 3. The van der Waals surface area contributed by atoms with Crippen molar-refractivity contribution in [3.63, 3.8) is 0 Å². The summed E-state index contributed by atoms with van der Waals surface area (Å²) in [5.74, 6) is -0.264. The Kier molecular flexibility index (Phi) is 10.5. The molecule has 2 heterocycles. The van der Waals surface area contributed by atoms with Crippen molar-refractivity contribution in [3.05, 3.63) is 70.6 Å². The summed E-state index contributed by atoms with van der Waals surface area (Å²) < 4.78 is 0. The van der Waals surface area contributed by atoms with E-state index in [2.05, 4.69) is 20.6 Å². The second kappa shape index (κ2) is 12.6. The number of amides is 1. The van der Waals surface area contributed by atoms with Crippen molar-refractivity contribution in [1.29, 1.82) is 0 Å². The normalized spacial score (nSPS) is 12.8. The summed E-state index contributed by atoms with van der Waals surface area (Å²) >= 11 is 11.7. The Morgan fingerprint density at radius 2 is 1.80 bits per heavy atom. The molecule has 1 amide bonds. The predicted molar refractivity (Wildman–Crippen MR) is 144 cm³/mol. The molecule has 5 N–H and O–H groups in total. The van der Waals surface area contributed by atoms with E-state index in [9.17, 15) is 9.90 Å². The molecule has 0 aliphatic carbocycles. The van der Waals surface area contributed by atoms with Crippen LogP contribution in [-0.2, 0) is 0 Å². The number of carbonyl (C=O) groups excluding carboxylic acids is 1. The Morgan fingerprint density at radius 3 is 2.31 bits per heavy atom. The fourth-order valence-electron chi connectivity index (χ4n) is 2.75. The summed E-state index contributed by atoms with van der Waals surface area (Å²) in [6.45, 7) is -0.0560. The van der Waals surface area contributed by atoms with Gasteiger partial charge in [-0.15, -0.1) is 0 Å². The van der Waals surface area contributed by atoms with Crippen LogP contribution in [0.25, 0.3) is 11.1 Å². The second-order valence-electron chi connectivity index (χ2n) is 7.47. The van der Waals surface area contributed by atoms with E-state index < -0.39 is 22.5 Å². The van der Waals surface area contributed by atoms with Crippen LogP contribution >= 0.6 is 23.2 Å². The van der Waals surface area contributed by atoms with E-state index in [1.165, 1.54) is 12.3 Å². The number of halogens is 2. The molecule has 7 nitrogen and oxygen atoms in total. The summed E-state index contributed by atoms with van der Waals surface area (Å²) in [4.78, 5) is 18.8. The van der Waals surface area contributed by atoms with Gasteiger partial charge in [0, 0.05) is 35.1 Å². The van der Waals surface area contributed by atoms with Gasteiger partial charge >= 0.3 is 0 Å². The maximum atomic E-state index is 12.0. The third-order valence-corrected chi connectivity index (χ3v) is 5.30. The highest BCUT2D eigenvalue weighted by molar-refractivity contribution is 6.50. The van der Waals surface area contributed by atoms with Crippen molar-refractivity contribution in [2.45, 2.75) is 16.6 Å². The fourth-order valence-corrected chi connectivity index (χ4v) is 3.11. The molecular formula is C21H19B5Cl2N4O3. The Bertz CT molecular complexity index is 1120. The molecular weight excluding hydrogens is 481 g/mol. The number of anilines is 1. The molecule has 0 aliphatic heterocycles. The largest absolute Gasteiger partial charge is 0.408 e. The van der Waals surface area contributed by atoms with E-state index in [0.29, 0.717) is 11.1 Å². The lowest BCUT2D eigenvalue weighted by atomic mass is 9.37. The number of hydrogen-bond donors (Lipinski definition) is 5. The van der Waals surface area contributed by atoms with Crippen LogP contribution in [0.4, 0.5) is 5.82 Å². The molecule has 0 spiro atoms. The molecule has 2 aromatic heterocycles.